The molecule has 3 rings (SSSR count). The lowest BCUT2D eigenvalue weighted by Crippen LogP contribution is -1.95. The van der Waals surface area contributed by atoms with Crippen LogP contribution in [-0.2, 0) is 6.42 Å². The number of hydrogen-bond acceptors (Lipinski definition) is 3. The molecule has 0 atom stereocenters. The molecule has 0 saturated heterocycles. The molecule has 2 aromatic heterocycles. The molecule has 1 aliphatic rings. The third kappa shape index (κ3) is 1.97. The van der Waals surface area contributed by atoms with Gasteiger partial charge in [-0.15, -0.1) is 0 Å². The number of aromatic nitrogens is 3. The van der Waals surface area contributed by atoms with Crippen LogP contribution in [0.5, 0.6) is 0 Å². The second-order valence-corrected chi connectivity index (χ2v) is 5.32. The second-order valence-electron chi connectivity index (χ2n) is 4.17. The van der Waals surface area contributed by atoms with E-state index in [9.17, 15) is 0 Å². The molecular formula is C13H15N3S. The zero-order chi connectivity index (χ0) is 11.7. The van der Waals surface area contributed by atoms with Gasteiger partial charge in [0.15, 0.2) is 0 Å². The van der Waals surface area contributed by atoms with Crippen molar-refractivity contribution < 1.29 is 0 Å². The zero-order valence-corrected chi connectivity index (χ0v) is 10.7. The summed E-state index contributed by atoms with van der Waals surface area (Å²) in [5.74, 6) is 2.34. The lowest BCUT2D eigenvalue weighted by Gasteiger charge is -2.10. The van der Waals surface area contributed by atoms with Gasteiger partial charge >= 0.3 is 0 Å². The van der Waals surface area contributed by atoms with Crippen LogP contribution in [0.3, 0.4) is 0 Å². The number of nitrogens with zero attached hydrogens (tertiary/aromatic N) is 2. The van der Waals surface area contributed by atoms with Crippen LogP contribution in [0.25, 0.3) is 16.6 Å². The molecular weight excluding hydrogens is 230 g/mol. The smallest absolute Gasteiger partial charge is 0.141 e. The molecule has 88 valence electrons. The first-order valence-electron chi connectivity index (χ1n) is 5.98. The first-order chi connectivity index (χ1) is 8.38. The maximum Gasteiger partial charge on any atom is 0.141 e. The van der Waals surface area contributed by atoms with Crippen molar-refractivity contribution in [1.82, 2.24) is 15.0 Å². The SMILES string of the molecule is CCc1ncnc2[nH]c(C3=CCSCC3)cc12. The summed E-state index contributed by atoms with van der Waals surface area (Å²) < 4.78 is 0. The number of thioether (sulfide) groups is 1. The highest BCUT2D eigenvalue weighted by Gasteiger charge is 2.11. The number of aryl methyl sites for hydroxylation is 1. The van der Waals surface area contributed by atoms with Gasteiger partial charge in [0, 0.05) is 16.8 Å². The van der Waals surface area contributed by atoms with Gasteiger partial charge in [-0.2, -0.15) is 11.8 Å². The summed E-state index contributed by atoms with van der Waals surface area (Å²) in [6.45, 7) is 2.13. The predicted octanol–water partition coefficient (Wildman–Crippen LogP) is 3.04. The van der Waals surface area contributed by atoms with Crippen molar-refractivity contribution in [2.24, 2.45) is 0 Å². The minimum Gasteiger partial charge on any atom is -0.339 e. The number of rotatable bonds is 2. The van der Waals surface area contributed by atoms with Crippen LogP contribution < -0.4 is 0 Å². The summed E-state index contributed by atoms with van der Waals surface area (Å²) >= 11 is 1.99. The maximum atomic E-state index is 4.33. The van der Waals surface area contributed by atoms with E-state index < -0.39 is 0 Å². The highest BCUT2D eigenvalue weighted by atomic mass is 32.2. The van der Waals surface area contributed by atoms with Crippen LogP contribution in [-0.4, -0.2) is 26.5 Å². The van der Waals surface area contributed by atoms with Crippen LogP contribution in [0.1, 0.15) is 24.7 Å². The molecule has 2 aromatic rings. The van der Waals surface area contributed by atoms with Gasteiger partial charge in [0.2, 0.25) is 0 Å². The molecule has 4 heteroatoms. The number of hydrogen-bond donors (Lipinski definition) is 1. The average Bonchev–Trinajstić information content (AvgIpc) is 2.83. The van der Waals surface area contributed by atoms with Crippen molar-refractivity contribution in [2.75, 3.05) is 11.5 Å². The van der Waals surface area contributed by atoms with Crippen LogP contribution in [0.2, 0.25) is 0 Å². The molecule has 0 saturated carbocycles. The van der Waals surface area contributed by atoms with Crippen molar-refractivity contribution in [3.8, 4) is 0 Å². The summed E-state index contributed by atoms with van der Waals surface area (Å²) in [6, 6.07) is 2.20. The summed E-state index contributed by atoms with van der Waals surface area (Å²) in [6.07, 6.45) is 6.06. The standard InChI is InChI=1S/C13H15N3S/c1-2-11-10-7-12(9-3-5-17-6-4-9)16-13(10)15-8-14-11/h3,7-8H,2,4-6H2,1H3,(H,14,15,16). The third-order valence-corrected chi connectivity index (χ3v) is 4.05. The summed E-state index contributed by atoms with van der Waals surface area (Å²) in [5.41, 5.74) is 4.73. The fourth-order valence-electron chi connectivity index (χ4n) is 2.22. The van der Waals surface area contributed by atoms with Crippen LogP contribution >= 0.6 is 11.8 Å². The Morgan fingerprint density at radius 2 is 2.35 bits per heavy atom. The maximum absolute atomic E-state index is 4.33. The minimum atomic E-state index is 0.950. The number of nitrogens with one attached hydrogen (secondary N) is 1. The molecule has 3 heterocycles. The average molecular weight is 245 g/mol. The molecule has 0 fully saturated rings. The Balaban J connectivity index is 2.10. The zero-order valence-electron chi connectivity index (χ0n) is 9.86. The molecule has 0 aromatic carbocycles. The number of allylic oxidation sites excluding steroid dienone is 1. The molecule has 0 radical (unpaired) electrons. The lowest BCUT2D eigenvalue weighted by molar-refractivity contribution is 1.03. The van der Waals surface area contributed by atoms with Gasteiger partial charge in [-0.25, -0.2) is 9.97 Å². The van der Waals surface area contributed by atoms with E-state index in [1.165, 1.54) is 22.4 Å². The molecule has 0 spiro atoms. The van der Waals surface area contributed by atoms with Gasteiger partial charge in [0.1, 0.15) is 12.0 Å². The Hall–Kier alpha value is -1.29. The number of fused-ring (bicyclic) bond motifs is 1. The van der Waals surface area contributed by atoms with E-state index in [-0.39, 0.29) is 0 Å². The number of H-pyrrole nitrogens is 1. The summed E-state index contributed by atoms with van der Waals surface area (Å²) in [4.78, 5) is 12.0. The lowest BCUT2D eigenvalue weighted by atomic mass is 10.1. The predicted molar refractivity (Wildman–Crippen MR) is 73.2 cm³/mol. The topological polar surface area (TPSA) is 41.6 Å². The second kappa shape index (κ2) is 4.53. The minimum absolute atomic E-state index is 0.950. The van der Waals surface area contributed by atoms with Crippen molar-refractivity contribution in [2.45, 2.75) is 19.8 Å². The Labute approximate surface area is 105 Å². The van der Waals surface area contributed by atoms with Crippen molar-refractivity contribution in [3.05, 3.63) is 29.9 Å². The molecule has 17 heavy (non-hydrogen) atoms. The molecule has 0 unspecified atom stereocenters. The first kappa shape index (κ1) is 10.8. The Morgan fingerprint density at radius 3 is 3.12 bits per heavy atom. The van der Waals surface area contributed by atoms with Gasteiger partial charge in [0.25, 0.3) is 0 Å². The highest BCUT2D eigenvalue weighted by Crippen LogP contribution is 2.28. The first-order valence-corrected chi connectivity index (χ1v) is 7.13. The van der Waals surface area contributed by atoms with Gasteiger partial charge in [0.05, 0.1) is 5.69 Å². The highest BCUT2D eigenvalue weighted by molar-refractivity contribution is 7.99. The van der Waals surface area contributed by atoms with Gasteiger partial charge < -0.3 is 4.98 Å². The third-order valence-electron chi connectivity index (χ3n) is 3.15. The van der Waals surface area contributed by atoms with Crippen molar-refractivity contribution in [3.63, 3.8) is 0 Å². The molecule has 0 bridgehead atoms. The molecule has 0 aliphatic carbocycles. The van der Waals surface area contributed by atoms with Crippen LogP contribution in [0, 0.1) is 0 Å². The summed E-state index contributed by atoms with van der Waals surface area (Å²) in [5, 5.41) is 1.17. The van der Waals surface area contributed by atoms with E-state index in [0.717, 1.165) is 29.9 Å². The molecule has 1 N–H and O–H groups in total. The largest absolute Gasteiger partial charge is 0.339 e. The van der Waals surface area contributed by atoms with Crippen molar-refractivity contribution in [1.29, 1.82) is 0 Å². The van der Waals surface area contributed by atoms with E-state index in [1.54, 1.807) is 6.33 Å². The Kier molecular flexibility index (Phi) is 2.89. The summed E-state index contributed by atoms with van der Waals surface area (Å²) in [7, 11) is 0. The molecule has 3 nitrogen and oxygen atoms in total. The Bertz CT molecular complexity index is 571. The Morgan fingerprint density at radius 1 is 1.41 bits per heavy atom. The van der Waals surface area contributed by atoms with E-state index >= 15 is 0 Å². The van der Waals surface area contributed by atoms with E-state index in [2.05, 4.69) is 34.0 Å². The fourth-order valence-corrected chi connectivity index (χ4v) is 3.07. The van der Waals surface area contributed by atoms with Gasteiger partial charge in [-0.05, 0) is 30.2 Å². The molecule has 1 aliphatic heterocycles. The monoisotopic (exact) mass is 245 g/mol. The molecule has 0 amide bonds. The van der Waals surface area contributed by atoms with Crippen LogP contribution in [0.15, 0.2) is 18.5 Å². The van der Waals surface area contributed by atoms with E-state index in [4.69, 9.17) is 0 Å². The normalized spacial score (nSPS) is 16.2. The quantitative estimate of drug-likeness (QED) is 0.884. The van der Waals surface area contributed by atoms with Crippen molar-refractivity contribution >= 4 is 28.4 Å². The van der Waals surface area contributed by atoms with Gasteiger partial charge in [-0.1, -0.05) is 13.0 Å². The number of aromatic amines is 1. The van der Waals surface area contributed by atoms with Gasteiger partial charge in [-0.3, -0.25) is 0 Å². The van der Waals surface area contributed by atoms with E-state index in [1.807, 2.05) is 11.8 Å². The van der Waals surface area contributed by atoms with Crippen LogP contribution in [0.4, 0.5) is 0 Å². The van der Waals surface area contributed by atoms with E-state index in [0.29, 0.717) is 0 Å². The fraction of sp³-hybridized carbons (Fsp3) is 0.385.